The van der Waals surface area contributed by atoms with Crippen LogP contribution in [0.25, 0.3) is 6.08 Å². The molecule has 0 aliphatic rings. The molecule has 96 valence electrons. The van der Waals surface area contributed by atoms with Gasteiger partial charge in [-0.2, -0.15) is 0 Å². The molecule has 0 aliphatic heterocycles. The number of methoxy groups -OCH3 is 1. The molecule has 0 radical (unpaired) electrons. The summed E-state index contributed by atoms with van der Waals surface area (Å²) in [7, 11) is 3.52. The molecule has 1 aromatic carbocycles. The zero-order valence-electron chi connectivity index (χ0n) is 11.0. The van der Waals surface area contributed by atoms with Crippen molar-refractivity contribution in [1.29, 1.82) is 0 Å². The summed E-state index contributed by atoms with van der Waals surface area (Å²) < 4.78 is 6.94. The van der Waals surface area contributed by atoms with E-state index in [-0.39, 0.29) is 5.78 Å². The van der Waals surface area contributed by atoms with E-state index in [4.69, 9.17) is 4.74 Å². The van der Waals surface area contributed by atoms with Crippen LogP contribution in [0.5, 0.6) is 5.75 Å². The Balaban J connectivity index is 2.11. The number of nitrogens with zero attached hydrogens (tertiary/aromatic N) is 1. The maximum absolute atomic E-state index is 12.0. The minimum atomic E-state index is -0.00739. The lowest BCUT2D eigenvalue weighted by molar-refractivity contribution is -0.671. The first-order chi connectivity index (χ1) is 9.19. The van der Waals surface area contributed by atoms with Crippen LogP contribution in [0.15, 0.2) is 54.9 Å². The summed E-state index contributed by atoms with van der Waals surface area (Å²) in [4.78, 5) is 12.0. The van der Waals surface area contributed by atoms with E-state index in [1.807, 2.05) is 48.1 Å². The lowest BCUT2D eigenvalue weighted by Crippen LogP contribution is -2.27. The van der Waals surface area contributed by atoms with Gasteiger partial charge in [-0.05, 0) is 29.8 Å². The van der Waals surface area contributed by atoms with Crippen molar-refractivity contribution in [2.75, 3.05) is 7.11 Å². The van der Waals surface area contributed by atoms with Crippen LogP contribution in [-0.4, -0.2) is 12.9 Å². The molecule has 0 bridgehead atoms. The van der Waals surface area contributed by atoms with Gasteiger partial charge in [0.1, 0.15) is 12.8 Å². The topological polar surface area (TPSA) is 30.2 Å². The zero-order valence-corrected chi connectivity index (χ0v) is 11.0. The summed E-state index contributed by atoms with van der Waals surface area (Å²) in [5.41, 5.74) is 1.64. The predicted molar refractivity (Wildman–Crippen MR) is 74.0 cm³/mol. The molecule has 0 unspecified atom stereocenters. The van der Waals surface area contributed by atoms with Crippen LogP contribution >= 0.6 is 0 Å². The molecule has 19 heavy (non-hydrogen) atoms. The first-order valence-electron chi connectivity index (χ1n) is 6.01. The highest BCUT2D eigenvalue weighted by Crippen LogP contribution is 2.12. The monoisotopic (exact) mass is 254 g/mol. The molecular weight excluding hydrogens is 238 g/mol. The van der Waals surface area contributed by atoms with Crippen molar-refractivity contribution in [1.82, 2.24) is 0 Å². The second-order valence-electron chi connectivity index (χ2n) is 4.23. The second-order valence-corrected chi connectivity index (χ2v) is 4.23. The van der Waals surface area contributed by atoms with Gasteiger partial charge in [-0.15, -0.1) is 0 Å². The second kappa shape index (κ2) is 5.96. The molecule has 2 rings (SSSR count). The molecule has 0 N–H and O–H groups in total. The van der Waals surface area contributed by atoms with Crippen molar-refractivity contribution < 1.29 is 14.1 Å². The first kappa shape index (κ1) is 13.0. The number of ether oxygens (including phenoxy) is 1. The summed E-state index contributed by atoms with van der Waals surface area (Å²) in [6.45, 7) is 0. The van der Waals surface area contributed by atoms with Gasteiger partial charge in [-0.3, -0.25) is 4.79 Å². The molecule has 1 heterocycles. The predicted octanol–water partition coefficient (Wildman–Crippen LogP) is 2.42. The molecule has 0 atom stereocenters. The first-order valence-corrected chi connectivity index (χ1v) is 6.01. The van der Waals surface area contributed by atoms with Crippen LogP contribution in [0.2, 0.25) is 0 Å². The number of carbonyl (C=O) groups is 1. The number of hydrogen-bond donors (Lipinski definition) is 0. The van der Waals surface area contributed by atoms with Crippen molar-refractivity contribution in [2.45, 2.75) is 0 Å². The number of benzene rings is 1. The minimum absolute atomic E-state index is 0.00739. The SMILES string of the molecule is COc1ccc(/C=C/C(=O)c2ccc[n+](C)c2)cc1. The Kier molecular flexibility index (Phi) is 4.08. The van der Waals surface area contributed by atoms with Crippen molar-refractivity contribution in [2.24, 2.45) is 7.05 Å². The Morgan fingerprint density at radius 3 is 2.58 bits per heavy atom. The van der Waals surface area contributed by atoms with Gasteiger partial charge in [0, 0.05) is 6.07 Å². The lowest BCUT2D eigenvalue weighted by Gasteiger charge is -1.99. The highest BCUT2D eigenvalue weighted by molar-refractivity contribution is 6.06. The number of hydrogen-bond acceptors (Lipinski definition) is 2. The maximum Gasteiger partial charge on any atom is 0.191 e. The van der Waals surface area contributed by atoms with Crippen molar-refractivity contribution in [3.63, 3.8) is 0 Å². The fourth-order valence-electron chi connectivity index (χ4n) is 1.72. The van der Waals surface area contributed by atoms with Crippen LogP contribution in [0.1, 0.15) is 15.9 Å². The zero-order chi connectivity index (χ0) is 13.7. The van der Waals surface area contributed by atoms with E-state index in [1.165, 1.54) is 0 Å². The summed E-state index contributed by atoms with van der Waals surface area (Å²) in [5, 5.41) is 0. The molecule has 0 saturated carbocycles. The molecule has 1 aromatic heterocycles. The molecule has 2 aromatic rings. The fourth-order valence-corrected chi connectivity index (χ4v) is 1.72. The normalized spacial score (nSPS) is 10.6. The van der Waals surface area contributed by atoms with E-state index in [0.29, 0.717) is 5.56 Å². The standard InChI is InChI=1S/C16H16NO2/c1-17-11-3-4-14(12-17)16(18)10-7-13-5-8-15(19-2)9-6-13/h3-12H,1-2H3/q+1/b10-7+. The fraction of sp³-hybridized carbons (Fsp3) is 0.125. The van der Waals surface area contributed by atoms with Crippen LogP contribution < -0.4 is 9.30 Å². The van der Waals surface area contributed by atoms with Gasteiger partial charge in [0.25, 0.3) is 0 Å². The summed E-state index contributed by atoms with van der Waals surface area (Å²) in [6, 6.07) is 11.2. The quantitative estimate of drug-likeness (QED) is 0.476. The Bertz CT molecular complexity index is 600. The van der Waals surface area contributed by atoms with Gasteiger partial charge < -0.3 is 4.74 Å². The van der Waals surface area contributed by atoms with Crippen LogP contribution in [0.3, 0.4) is 0 Å². The summed E-state index contributed by atoms with van der Waals surface area (Å²) >= 11 is 0. The number of allylic oxidation sites excluding steroid dienone is 1. The Morgan fingerprint density at radius 1 is 1.21 bits per heavy atom. The van der Waals surface area contributed by atoms with E-state index in [0.717, 1.165) is 11.3 Å². The number of pyridine rings is 1. The number of rotatable bonds is 4. The highest BCUT2D eigenvalue weighted by Gasteiger charge is 2.05. The molecule has 3 nitrogen and oxygen atoms in total. The number of aryl methyl sites for hydroxylation is 1. The van der Waals surface area contributed by atoms with Crippen LogP contribution in [0, 0.1) is 0 Å². The van der Waals surface area contributed by atoms with Crippen LogP contribution in [0.4, 0.5) is 0 Å². The number of aromatic nitrogens is 1. The van der Waals surface area contributed by atoms with Crippen molar-refractivity contribution in [3.05, 3.63) is 66.0 Å². The average Bonchev–Trinajstić information content (AvgIpc) is 2.45. The van der Waals surface area contributed by atoms with Crippen molar-refractivity contribution in [3.8, 4) is 5.75 Å². The van der Waals surface area contributed by atoms with Gasteiger partial charge in [-0.25, -0.2) is 4.57 Å². The number of carbonyl (C=O) groups excluding carboxylic acids is 1. The third-order valence-corrected chi connectivity index (χ3v) is 2.77. The molecule has 0 saturated heterocycles. The third-order valence-electron chi connectivity index (χ3n) is 2.77. The Morgan fingerprint density at radius 2 is 1.95 bits per heavy atom. The number of ketones is 1. The van der Waals surface area contributed by atoms with Gasteiger partial charge in [0.15, 0.2) is 18.2 Å². The summed E-state index contributed by atoms with van der Waals surface area (Å²) in [5.74, 6) is 0.797. The van der Waals surface area contributed by atoms with E-state index >= 15 is 0 Å². The van der Waals surface area contributed by atoms with Crippen molar-refractivity contribution >= 4 is 11.9 Å². The smallest absolute Gasteiger partial charge is 0.191 e. The van der Waals surface area contributed by atoms with Gasteiger partial charge in [0.05, 0.1) is 12.7 Å². The molecular formula is C16H16NO2+. The van der Waals surface area contributed by atoms with Gasteiger partial charge in [-0.1, -0.05) is 18.2 Å². The highest BCUT2D eigenvalue weighted by atomic mass is 16.5. The largest absolute Gasteiger partial charge is 0.497 e. The Hall–Kier alpha value is -2.42. The lowest BCUT2D eigenvalue weighted by atomic mass is 10.1. The van der Waals surface area contributed by atoms with E-state index < -0.39 is 0 Å². The molecule has 0 aliphatic carbocycles. The maximum atomic E-state index is 12.0. The average molecular weight is 254 g/mol. The molecule has 0 spiro atoms. The minimum Gasteiger partial charge on any atom is -0.497 e. The Labute approximate surface area is 112 Å². The van der Waals surface area contributed by atoms with Gasteiger partial charge >= 0.3 is 0 Å². The molecule has 0 fully saturated rings. The van der Waals surface area contributed by atoms with Gasteiger partial charge in [0.2, 0.25) is 0 Å². The molecule has 0 amide bonds. The van der Waals surface area contributed by atoms with Crippen LogP contribution in [-0.2, 0) is 7.05 Å². The molecule has 3 heteroatoms. The summed E-state index contributed by atoms with van der Waals surface area (Å²) in [6.07, 6.45) is 7.08. The third kappa shape index (κ3) is 3.52. The van der Waals surface area contributed by atoms with E-state index in [1.54, 1.807) is 31.5 Å². The van der Waals surface area contributed by atoms with E-state index in [2.05, 4.69) is 0 Å². The van der Waals surface area contributed by atoms with E-state index in [9.17, 15) is 4.79 Å².